The summed E-state index contributed by atoms with van der Waals surface area (Å²) in [5, 5.41) is 0. The highest BCUT2D eigenvalue weighted by Crippen LogP contribution is 2.33. The predicted octanol–water partition coefficient (Wildman–Crippen LogP) is -0.0149. The molecule has 2 aliphatic heterocycles. The highest BCUT2D eigenvalue weighted by atomic mass is 32.2. The van der Waals surface area contributed by atoms with Crippen molar-refractivity contribution in [3.63, 3.8) is 0 Å². The Balaban J connectivity index is 2.13. The van der Waals surface area contributed by atoms with E-state index in [4.69, 9.17) is 5.73 Å². The first-order valence-electron chi connectivity index (χ1n) is 5.56. The molecule has 5 heteroatoms. The first-order chi connectivity index (χ1) is 6.83. The van der Waals surface area contributed by atoms with E-state index >= 15 is 0 Å². The summed E-state index contributed by atoms with van der Waals surface area (Å²) in [4.78, 5) is 2.29. The number of hydrogen-bond acceptors (Lipinski definition) is 4. The maximum Gasteiger partial charge on any atom is 0.151 e. The van der Waals surface area contributed by atoms with E-state index < -0.39 is 9.84 Å². The van der Waals surface area contributed by atoms with Gasteiger partial charge in [-0.3, -0.25) is 4.90 Å². The van der Waals surface area contributed by atoms with Gasteiger partial charge >= 0.3 is 0 Å². The van der Waals surface area contributed by atoms with Gasteiger partial charge < -0.3 is 5.73 Å². The summed E-state index contributed by atoms with van der Waals surface area (Å²) in [6.45, 7) is 5.18. The maximum absolute atomic E-state index is 11.4. The zero-order chi connectivity index (χ0) is 11.3. The molecule has 2 heterocycles. The van der Waals surface area contributed by atoms with Crippen molar-refractivity contribution < 1.29 is 8.42 Å². The van der Waals surface area contributed by atoms with E-state index in [0.29, 0.717) is 11.5 Å². The summed E-state index contributed by atoms with van der Waals surface area (Å²) in [5.74, 6) is 0.669. The van der Waals surface area contributed by atoms with Crippen LogP contribution in [0.4, 0.5) is 0 Å². The zero-order valence-corrected chi connectivity index (χ0v) is 10.3. The van der Waals surface area contributed by atoms with Crippen molar-refractivity contribution in [2.24, 2.45) is 5.73 Å². The van der Waals surface area contributed by atoms with E-state index in [2.05, 4.69) is 18.7 Å². The average molecular weight is 232 g/mol. The molecule has 2 fully saturated rings. The Bertz CT molecular complexity index is 350. The van der Waals surface area contributed by atoms with Gasteiger partial charge in [0, 0.05) is 24.2 Å². The summed E-state index contributed by atoms with van der Waals surface area (Å²) in [5.41, 5.74) is 6.00. The van der Waals surface area contributed by atoms with Crippen LogP contribution >= 0.6 is 0 Å². The van der Waals surface area contributed by atoms with Crippen molar-refractivity contribution in [3.8, 4) is 0 Å². The van der Waals surface area contributed by atoms with E-state index in [1.807, 2.05) is 0 Å². The molecule has 0 aliphatic carbocycles. The molecule has 0 aromatic rings. The third-order valence-electron chi connectivity index (χ3n) is 3.98. The third-order valence-corrected chi connectivity index (χ3v) is 5.73. The van der Waals surface area contributed by atoms with Crippen LogP contribution in [0.3, 0.4) is 0 Å². The molecule has 0 radical (unpaired) electrons. The molecule has 2 N–H and O–H groups in total. The molecule has 4 nitrogen and oxygen atoms in total. The van der Waals surface area contributed by atoms with E-state index in [1.54, 1.807) is 0 Å². The summed E-state index contributed by atoms with van der Waals surface area (Å²) in [7, 11) is -2.78. The Morgan fingerprint density at radius 2 is 2.00 bits per heavy atom. The first-order valence-corrected chi connectivity index (χ1v) is 7.38. The second kappa shape index (κ2) is 3.43. The highest BCUT2D eigenvalue weighted by Gasteiger charge is 2.45. The number of rotatable bonds is 1. The summed E-state index contributed by atoms with van der Waals surface area (Å²) in [6.07, 6.45) is 1.75. The number of likely N-dealkylation sites (tertiary alicyclic amines) is 1. The van der Waals surface area contributed by atoms with Gasteiger partial charge in [0.05, 0.1) is 11.5 Å². The maximum atomic E-state index is 11.4. The molecule has 0 saturated carbocycles. The van der Waals surface area contributed by atoms with Crippen molar-refractivity contribution in [3.05, 3.63) is 0 Å². The van der Waals surface area contributed by atoms with Gasteiger partial charge in [-0.1, -0.05) is 0 Å². The van der Waals surface area contributed by atoms with Crippen LogP contribution in [0, 0.1) is 0 Å². The van der Waals surface area contributed by atoms with Crippen LogP contribution in [-0.4, -0.2) is 49.0 Å². The van der Waals surface area contributed by atoms with Gasteiger partial charge in [0.2, 0.25) is 0 Å². The second-order valence-electron chi connectivity index (χ2n) is 5.30. The Hall–Kier alpha value is -0.130. The standard InChI is InChI=1S/C10H20N2O2S/c1-10(2)9(11)3-5-12(10)8-4-6-15(13,14)7-8/h8-9H,3-7,11H2,1-2H3. The first kappa shape index (κ1) is 11.4. The molecule has 0 spiro atoms. The Kier molecular flexibility index (Phi) is 2.60. The van der Waals surface area contributed by atoms with Crippen LogP contribution in [-0.2, 0) is 9.84 Å². The Morgan fingerprint density at radius 1 is 1.33 bits per heavy atom. The fourth-order valence-corrected chi connectivity index (χ4v) is 4.54. The number of nitrogens with zero attached hydrogens (tertiary/aromatic N) is 1. The minimum Gasteiger partial charge on any atom is -0.326 e. The van der Waals surface area contributed by atoms with Crippen LogP contribution in [0.5, 0.6) is 0 Å². The minimum absolute atomic E-state index is 0.0511. The summed E-state index contributed by atoms with van der Waals surface area (Å²) in [6, 6.07) is 0.361. The van der Waals surface area contributed by atoms with Crippen molar-refractivity contribution >= 4 is 9.84 Å². The molecule has 88 valence electrons. The topological polar surface area (TPSA) is 63.4 Å². The lowest BCUT2D eigenvalue weighted by molar-refractivity contribution is 0.119. The van der Waals surface area contributed by atoms with Gasteiger partial charge in [-0.25, -0.2) is 8.42 Å². The van der Waals surface area contributed by atoms with Crippen molar-refractivity contribution in [2.75, 3.05) is 18.1 Å². The summed E-state index contributed by atoms with van der Waals surface area (Å²) >= 11 is 0. The molecule has 2 unspecified atom stereocenters. The predicted molar refractivity (Wildman–Crippen MR) is 60.4 cm³/mol. The van der Waals surface area contributed by atoms with E-state index in [1.165, 1.54) is 0 Å². The van der Waals surface area contributed by atoms with Gasteiger partial charge in [-0.15, -0.1) is 0 Å². The molecule has 0 aromatic carbocycles. The number of nitrogens with two attached hydrogens (primary N) is 1. The molecule has 0 bridgehead atoms. The molecule has 15 heavy (non-hydrogen) atoms. The molecule has 0 aromatic heterocycles. The van der Waals surface area contributed by atoms with Crippen LogP contribution in [0.1, 0.15) is 26.7 Å². The van der Waals surface area contributed by atoms with Crippen LogP contribution in [0.2, 0.25) is 0 Å². The van der Waals surface area contributed by atoms with Gasteiger partial charge in [0.15, 0.2) is 9.84 Å². The van der Waals surface area contributed by atoms with Gasteiger partial charge in [-0.05, 0) is 26.7 Å². The fourth-order valence-electron chi connectivity index (χ4n) is 2.81. The van der Waals surface area contributed by atoms with Crippen LogP contribution in [0.25, 0.3) is 0 Å². The van der Waals surface area contributed by atoms with E-state index in [-0.39, 0.29) is 17.6 Å². The van der Waals surface area contributed by atoms with Crippen LogP contribution in [0.15, 0.2) is 0 Å². The number of hydrogen-bond donors (Lipinski definition) is 1. The smallest absolute Gasteiger partial charge is 0.151 e. The average Bonchev–Trinajstić information content (AvgIpc) is 2.56. The largest absolute Gasteiger partial charge is 0.326 e. The lowest BCUT2D eigenvalue weighted by Crippen LogP contribution is -2.53. The molecule has 2 rings (SSSR count). The van der Waals surface area contributed by atoms with E-state index in [9.17, 15) is 8.42 Å². The summed E-state index contributed by atoms with van der Waals surface area (Å²) < 4.78 is 22.9. The Labute approximate surface area is 91.7 Å². The lowest BCUT2D eigenvalue weighted by Gasteiger charge is -2.38. The second-order valence-corrected chi connectivity index (χ2v) is 7.53. The van der Waals surface area contributed by atoms with Crippen LogP contribution < -0.4 is 5.73 Å². The molecular weight excluding hydrogens is 212 g/mol. The molecule has 0 amide bonds. The third kappa shape index (κ3) is 1.92. The normalized spacial score (nSPS) is 39.7. The van der Waals surface area contributed by atoms with Gasteiger partial charge in [-0.2, -0.15) is 0 Å². The Morgan fingerprint density at radius 3 is 2.40 bits per heavy atom. The van der Waals surface area contributed by atoms with Crippen molar-refractivity contribution in [1.82, 2.24) is 4.90 Å². The molecule has 2 atom stereocenters. The molecule has 2 saturated heterocycles. The minimum atomic E-state index is -2.78. The highest BCUT2D eigenvalue weighted by molar-refractivity contribution is 7.91. The molecule has 2 aliphatic rings. The number of sulfone groups is 1. The van der Waals surface area contributed by atoms with E-state index in [0.717, 1.165) is 19.4 Å². The van der Waals surface area contributed by atoms with Gasteiger partial charge in [0.1, 0.15) is 0 Å². The zero-order valence-electron chi connectivity index (χ0n) is 9.44. The quantitative estimate of drug-likeness (QED) is 0.690. The fraction of sp³-hybridized carbons (Fsp3) is 1.00. The lowest BCUT2D eigenvalue weighted by atomic mass is 9.95. The van der Waals surface area contributed by atoms with Gasteiger partial charge in [0.25, 0.3) is 0 Å². The van der Waals surface area contributed by atoms with Crippen molar-refractivity contribution in [2.45, 2.75) is 44.3 Å². The van der Waals surface area contributed by atoms with Crippen molar-refractivity contribution in [1.29, 1.82) is 0 Å². The SMILES string of the molecule is CC1(C)C(N)CCN1C1CCS(=O)(=O)C1. The molecular formula is C10H20N2O2S. The monoisotopic (exact) mass is 232 g/mol.